The number of hydrogen-bond acceptors (Lipinski definition) is 9. The topological polar surface area (TPSA) is 138 Å². The largest absolute Gasteiger partial charge is 0.464 e. The summed E-state index contributed by atoms with van der Waals surface area (Å²) < 4.78 is 5.30. The van der Waals surface area contributed by atoms with E-state index in [-0.39, 0.29) is 47.4 Å². The summed E-state index contributed by atoms with van der Waals surface area (Å²) in [5.74, 6) is 4.14. The number of piperidine rings is 1. The van der Waals surface area contributed by atoms with Gasteiger partial charge >= 0.3 is 5.97 Å². The van der Waals surface area contributed by atoms with Gasteiger partial charge in [-0.25, -0.2) is 0 Å². The highest BCUT2D eigenvalue weighted by Gasteiger charge is 2.56. The third-order valence-corrected chi connectivity index (χ3v) is 10.5. The lowest BCUT2D eigenvalue weighted by Gasteiger charge is -2.44. The van der Waals surface area contributed by atoms with Gasteiger partial charge in [-0.15, -0.1) is 12.3 Å². The fraction of sp³-hybridized carbons (Fsp3) is 0.784. The number of hydrogen-bond donors (Lipinski definition) is 5. The van der Waals surface area contributed by atoms with Crippen molar-refractivity contribution < 1.29 is 19.1 Å². The van der Waals surface area contributed by atoms with Crippen molar-refractivity contribution in [2.24, 2.45) is 28.4 Å². The molecule has 0 aromatic heterocycles. The molecule has 61 heavy (non-hydrogen) atoms. The zero-order valence-corrected chi connectivity index (χ0v) is 43.1. The minimum absolute atomic E-state index is 0.126. The van der Waals surface area contributed by atoms with Crippen molar-refractivity contribution in [1.29, 1.82) is 0 Å². The Morgan fingerprint density at radius 1 is 0.967 bits per heavy atom. The third-order valence-electron chi connectivity index (χ3n) is 10.5. The molecule has 0 aromatic rings. The molecule has 0 spiro atoms. The van der Waals surface area contributed by atoms with Crippen molar-refractivity contribution in [2.45, 2.75) is 198 Å². The summed E-state index contributed by atoms with van der Waals surface area (Å²) in [7, 11) is 5.44. The van der Waals surface area contributed by atoms with Gasteiger partial charge in [-0.1, -0.05) is 153 Å². The second-order valence-electron chi connectivity index (χ2n) is 17.3. The highest BCUT2D eigenvalue weighted by molar-refractivity contribution is 5.84. The fourth-order valence-corrected chi connectivity index (χ4v) is 6.36. The maximum absolute atomic E-state index is 14.0. The average molecular weight is 863 g/mol. The molecule has 3 rings (SSSR count). The molecular weight excluding hydrogens is 761 g/mol. The van der Waals surface area contributed by atoms with Gasteiger partial charge in [-0.05, 0) is 89.0 Å². The predicted molar refractivity (Wildman–Crippen MR) is 267 cm³/mol. The number of nitrogens with one attached hydrogen (secondary N) is 4. The van der Waals surface area contributed by atoms with Crippen molar-refractivity contribution in [1.82, 2.24) is 26.2 Å². The van der Waals surface area contributed by atoms with E-state index < -0.39 is 0 Å². The van der Waals surface area contributed by atoms with Crippen LogP contribution < -0.4 is 27.0 Å². The summed E-state index contributed by atoms with van der Waals surface area (Å²) in [5.41, 5.74) is 5.31. The number of unbranched alkanes of at least 4 members (excludes halogenated alkanes) is 3. The number of carbonyl (C=O) groups is 3. The quantitative estimate of drug-likeness (QED) is 0.0256. The number of aldehydes is 1. The second-order valence-corrected chi connectivity index (χ2v) is 17.3. The minimum Gasteiger partial charge on any atom is -0.464 e. The Morgan fingerprint density at radius 2 is 1.46 bits per heavy atom. The number of esters is 1. The molecule has 3 unspecified atom stereocenters. The van der Waals surface area contributed by atoms with Gasteiger partial charge < -0.3 is 36.6 Å². The smallest absolute Gasteiger partial charge is 0.302 e. The van der Waals surface area contributed by atoms with Gasteiger partial charge in [0.25, 0.3) is 0 Å². The summed E-state index contributed by atoms with van der Waals surface area (Å²) in [5, 5.41) is 13.1. The first-order valence-corrected chi connectivity index (χ1v) is 23.5. The zero-order valence-electron chi connectivity index (χ0n) is 43.1. The summed E-state index contributed by atoms with van der Waals surface area (Å²) >= 11 is 0. The third kappa shape index (κ3) is 34.1. The van der Waals surface area contributed by atoms with Gasteiger partial charge in [0.05, 0.1) is 17.9 Å². The molecule has 1 aliphatic heterocycles. The molecule has 2 saturated carbocycles. The highest BCUT2D eigenvalue weighted by atomic mass is 16.5. The van der Waals surface area contributed by atoms with Crippen LogP contribution in [0.4, 0.5) is 0 Å². The van der Waals surface area contributed by atoms with Crippen LogP contribution in [0.15, 0.2) is 37.2 Å². The van der Waals surface area contributed by atoms with E-state index in [0.29, 0.717) is 30.0 Å². The van der Waals surface area contributed by atoms with Crippen LogP contribution in [0, 0.1) is 35.0 Å². The number of nitrogens with zero attached hydrogens (tertiary/aromatic N) is 1. The summed E-state index contributed by atoms with van der Waals surface area (Å²) in [6.07, 6.45) is 20.9. The van der Waals surface area contributed by atoms with Crippen LogP contribution in [0.5, 0.6) is 0 Å². The van der Waals surface area contributed by atoms with E-state index in [4.69, 9.17) is 16.0 Å². The van der Waals surface area contributed by atoms with E-state index >= 15 is 0 Å². The Morgan fingerprint density at radius 3 is 1.80 bits per heavy atom. The van der Waals surface area contributed by atoms with Crippen molar-refractivity contribution in [3.63, 3.8) is 0 Å². The van der Waals surface area contributed by atoms with E-state index in [1.165, 1.54) is 71.5 Å². The summed E-state index contributed by atoms with van der Waals surface area (Å²) in [4.78, 5) is 36.6. The molecule has 2 aliphatic carbocycles. The Labute approximate surface area is 379 Å². The maximum Gasteiger partial charge on any atom is 0.302 e. The number of ether oxygens (including phenoxy) is 1. The lowest BCUT2D eigenvalue weighted by Crippen LogP contribution is -2.58. The normalized spacial score (nSPS) is 18.2. The van der Waals surface area contributed by atoms with Crippen LogP contribution in [0.3, 0.4) is 0 Å². The number of terminal acetylenes is 1. The number of nitrogens with two attached hydrogens (primary N) is 1. The molecule has 3 aliphatic rings. The van der Waals surface area contributed by atoms with E-state index in [1.54, 1.807) is 0 Å². The molecule has 1 heterocycles. The second kappa shape index (κ2) is 42.2. The molecule has 10 heteroatoms. The first-order chi connectivity index (χ1) is 28.8. The highest BCUT2D eigenvalue weighted by Crippen LogP contribution is 2.52. The number of allylic oxidation sites excluding steroid dienone is 1. The van der Waals surface area contributed by atoms with Crippen molar-refractivity contribution in [2.75, 3.05) is 40.8 Å². The molecule has 10 nitrogen and oxygen atoms in total. The Kier molecular flexibility index (Phi) is 46.3. The monoisotopic (exact) mass is 863 g/mol. The van der Waals surface area contributed by atoms with Crippen LogP contribution >= 0.6 is 0 Å². The Hall–Kier alpha value is -3.13. The van der Waals surface area contributed by atoms with Crippen LogP contribution in [0.2, 0.25) is 0 Å². The lowest BCUT2D eigenvalue weighted by molar-refractivity contribution is -0.142. The number of carbonyl (C=O) groups excluding carboxylic acids is 3. The number of likely N-dealkylation sites (tertiary alicyclic amines) is 1. The molecule has 1 amide bonds. The van der Waals surface area contributed by atoms with Crippen LogP contribution in [-0.2, 0) is 19.1 Å². The SMILES string of the molecule is C#CCC.C=C(NC(COC(C)=O)C(C)(C)C)NC(C(=O)N1C[C@@H]2C[C@@H]2C1C(=C)C)C1(C)CCCCC1.C=CC=O.CC.CCCC.CCCCCNC.CN.CNC(C)C. The first kappa shape index (κ1) is 67.0. The molecule has 0 aromatic carbocycles. The van der Waals surface area contributed by atoms with Gasteiger partial charge in [0.1, 0.15) is 18.9 Å². The van der Waals surface area contributed by atoms with Crippen LogP contribution in [0.25, 0.3) is 0 Å². The standard InChI is InChI=1S/C27H45N3O3.C6H15N.C4H11N.C4H10.C4H6.C3H4O.C2H6.CH5N/c1-17(2)23-21-14-20(21)15-30(23)25(32)24(27(8)12-10-9-11-13-27)29-18(3)28-22(26(5,6)7)16-33-19(4)31;1-3-4-5-6-7-2;1-4(2)5-3;2*1-3-4-2;1-2-3-4;2*1-2/h20-24,28-29H,1,3,9-16H2,2,4-8H3;7H,3-6H2,1-2H3;4-5H,1-3H3;3-4H2,1-2H3;1H,4H2,2H3;2-3H,1H2;1-2H3;2H2,1H3/t20-,21-,22?,23?,24?;;;;;;;/m0......./s1. The van der Waals surface area contributed by atoms with Gasteiger partial charge in [0.15, 0.2) is 0 Å². The van der Waals surface area contributed by atoms with Crippen molar-refractivity contribution in [3.8, 4) is 12.3 Å². The molecule has 1 saturated heterocycles. The Bertz CT molecular complexity index is 1140. The molecular formula is C51H102N6O4. The van der Waals surface area contributed by atoms with Crippen molar-refractivity contribution in [3.05, 3.63) is 37.2 Å². The van der Waals surface area contributed by atoms with Gasteiger partial charge in [-0.2, -0.15) is 0 Å². The van der Waals surface area contributed by atoms with Gasteiger partial charge in [-0.3, -0.25) is 14.4 Å². The Balaban J connectivity index is -0.000000303. The lowest BCUT2D eigenvalue weighted by atomic mass is 9.70. The van der Waals surface area contributed by atoms with Crippen LogP contribution in [0.1, 0.15) is 174 Å². The van der Waals surface area contributed by atoms with Crippen molar-refractivity contribution >= 4 is 18.2 Å². The van der Waals surface area contributed by atoms with E-state index in [9.17, 15) is 9.59 Å². The van der Waals surface area contributed by atoms with E-state index in [0.717, 1.165) is 44.2 Å². The maximum atomic E-state index is 14.0. The van der Waals surface area contributed by atoms with Gasteiger partial charge in [0.2, 0.25) is 5.91 Å². The van der Waals surface area contributed by atoms with Crippen LogP contribution in [-0.4, -0.2) is 88.1 Å². The number of rotatable bonds is 16. The molecule has 3 fully saturated rings. The summed E-state index contributed by atoms with van der Waals surface area (Å²) in [6, 6.07) is 0.326. The number of amides is 1. The molecule has 5 atom stereocenters. The number of fused-ring (bicyclic) bond motifs is 1. The average Bonchev–Trinajstić information content (AvgIpc) is 3.90. The predicted octanol–water partition coefficient (Wildman–Crippen LogP) is 10.2. The fourth-order valence-electron chi connectivity index (χ4n) is 6.36. The molecule has 0 bridgehead atoms. The van der Waals surface area contributed by atoms with Gasteiger partial charge in [0, 0.05) is 25.9 Å². The minimum atomic E-state index is -0.341. The molecule has 6 N–H and O–H groups in total. The summed E-state index contributed by atoms with van der Waals surface area (Å²) in [6.45, 7) is 42.6. The molecule has 0 radical (unpaired) electrons. The molecule has 360 valence electrons. The zero-order chi connectivity index (χ0) is 48.6. The van der Waals surface area contributed by atoms with E-state index in [1.807, 2.05) is 34.9 Å². The first-order valence-electron chi connectivity index (χ1n) is 23.5. The van der Waals surface area contributed by atoms with E-state index in [2.05, 4.69) is 127 Å².